The van der Waals surface area contributed by atoms with Gasteiger partial charge in [-0.2, -0.15) is 10.1 Å². The summed E-state index contributed by atoms with van der Waals surface area (Å²) in [7, 11) is 0. The Bertz CT molecular complexity index is 1490. The molecule has 4 aromatic rings. The highest BCUT2D eigenvalue weighted by Gasteiger charge is 2.61. The standard InChI is InChI=1S/C32H26N2O3/c1-2-17-37-26-16-15-19-9-3-4-10-20(19)25(26)18-33-34-31(35)29-27-21-11-5-6-12-22(21)28(30(29)32(34)36)24-14-8-7-13-23(24)27/h3-16,18,27-30H,2,17H2,1H3/b33-18+. The fourth-order valence-electron chi connectivity index (χ4n) is 6.64. The van der Waals surface area contributed by atoms with Gasteiger partial charge in [-0.15, -0.1) is 0 Å². The van der Waals surface area contributed by atoms with Gasteiger partial charge in [0.25, 0.3) is 11.8 Å². The lowest BCUT2D eigenvalue weighted by Crippen LogP contribution is -2.41. The topological polar surface area (TPSA) is 59.0 Å². The number of amides is 2. The largest absolute Gasteiger partial charge is 0.493 e. The van der Waals surface area contributed by atoms with Crippen molar-refractivity contribution in [2.24, 2.45) is 16.9 Å². The third-order valence-electron chi connectivity index (χ3n) is 8.12. The van der Waals surface area contributed by atoms with E-state index in [2.05, 4.69) is 36.3 Å². The molecule has 37 heavy (non-hydrogen) atoms. The van der Waals surface area contributed by atoms with Crippen LogP contribution >= 0.6 is 0 Å². The lowest BCUT2D eigenvalue weighted by molar-refractivity contribution is -0.139. The van der Waals surface area contributed by atoms with Gasteiger partial charge in [-0.1, -0.05) is 85.8 Å². The first-order valence-corrected chi connectivity index (χ1v) is 12.9. The molecule has 2 unspecified atom stereocenters. The number of benzene rings is 4. The summed E-state index contributed by atoms with van der Waals surface area (Å²) in [6.45, 7) is 2.63. The maximum Gasteiger partial charge on any atom is 0.254 e. The highest BCUT2D eigenvalue weighted by molar-refractivity contribution is 6.09. The molecule has 0 radical (unpaired) electrons. The Morgan fingerprint density at radius 1 is 0.757 bits per heavy atom. The molecule has 4 aromatic carbocycles. The highest BCUT2D eigenvalue weighted by atomic mass is 16.5. The van der Waals surface area contributed by atoms with Crippen LogP contribution in [0.25, 0.3) is 10.8 Å². The molecule has 0 spiro atoms. The summed E-state index contributed by atoms with van der Waals surface area (Å²) >= 11 is 0. The zero-order valence-electron chi connectivity index (χ0n) is 20.5. The third kappa shape index (κ3) is 3.13. The number of fused-ring (bicyclic) bond motifs is 1. The summed E-state index contributed by atoms with van der Waals surface area (Å²) in [6, 6.07) is 28.5. The van der Waals surface area contributed by atoms with Crippen LogP contribution in [-0.2, 0) is 9.59 Å². The smallest absolute Gasteiger partial charge is 0.254 e. The van der Waals surface area contributed by atoms with Crippen molar-refractivity contribution >= 4 is 28.8 Å². The Hall–Kier alpha value is -4.25. The second-order valence-electron chi connectivity index (χ2n) is 10.0. The number of hydrogen-bond acceptors (Lipinski definition) is 4. The van der Waals surface area contributed by atoms with Gasteiger partial charge in [-0.05, 0) is 45.5 Å². The van der Waals surface area contributed by atoms with E-state index >= 15 is 0 Å². The quantitative estimate of drug-likeness (QED) is 0.262. The predicted molar refractivity (Wildman–Crippen MR) is 143 cm³/mol. The molecule has 0 saturated carbocycles. The molecule has 1 saturated heterocycles. The monoisotopic (exact) mass is 486 g/mol. The zero-order chi connectivity index (χ0) is 25.1. The van der Waals surface area contributed by atoms with E-state index in [1.807, 2.05) is 60.7 Å². The molecule has 1 fully saturated rings. The van der Waals surface area contributed by atoms with Crippen molar-refractivity contribution in [3.63, 3.8) is 0 Å². The number of rotatable bonds is 5. The molecule has 2 atom stereocenters. The molecule has 5 nitrogen and oxygen atoms in total. The number of imide groups is 1. The van der Waals surface area contributed by atoms with Crippen LogP contribution in [0.5, 0.6) is 5.75 Å². The summed E-state index contributed by atoms with van der Waals surface area (Å²) in [5, 5.41) is 7.69. The fourth-order valence-corrected chi connectivity index (χ4v) is 6.64. The van der Waals surface area contributed by atoms with Gasteiger partial charge < -0.3 is 4.74 Å². The van der Waals surface area contributed by atoms with Crippen LogP contribution in [0.1, 0.15) is 53.0 Å². The van der Waals surface area contributed by atoms with Gasteiger partial charge in [-0.25, -0.2) is 0 Å². The number of ether oxygens (including phenoxy) is 1. The molecular weight excluding hydrogens is 460 g/mol. The Labute approximate surface area is 215 Å². The number of hydrazone groups is 1. The van der Waals surface area contributed by atoms with Crippen LogP contribution in [0.2, 0.25) is 0 Å². The van der Waals surface area contributed by atoms with Crippen LogP contribution in [0.4, 0.5) is 0 Å². The molecule has 5 heteroatoms. The molecule has 2 amide bonds. The molecule has 3 aliphatic carbocycles. The average Bonchev–Trinajstić information content (AvgIpc) is 3.20. The first-order chi connectivity index (χ1) is 18.2. The van der Waals surface area contributed by atoms with E-state index in [0.29, 0.717) is 12.4 Å². The van der Waals surface area contributed by atoms with E-state index in [9.17, 15) is 9.59 Å². The summed E-state index contributed by atoms with van der Waals surface area (Å²) in [5.41, 5.74) is 5.40. The second-order valence-corrected chi connectivity index (χ2v) is 10.0. The minimum absolute atomic E-state index is 0.139. The average molecular weight is 487 g/mol. The molecule has 182 valence electrons. The van der Waals surface area contributed by atoms with E-state index in [1.54, 1.807) is 6.21 Å². The van der Waals surface area contributed by atoms with Gasteiger partial charge in [0.2, 0.25) is 0 Å². The van der Waals surface area contributed by atoms with Crippen LogP contribution in [0.15, 0.2) is 90.0 Å². The van der Waals surface area contributed by atoms with Gasteiger partial charge >= 0.3 is 0 Å². The Morgan fingerprint density at radius 2 is 1.30 bits per heavy atom. The van der Waals surface area contributed by atoms with Gasteiger partial charge in [0.15, 0.2) is 0 Å². The normalized spacial score (nSPS) is 23.4. The summed E-state index contributed by atoms with van der Waals surface area (Å²) < 4.78 is 6.01. The molecule has 4 aliphatic rings. The molecule has 1 heterocycles. The van der Waals surface area contributed by atoms with Crippen LogP contribution in [0.3, 0.4) is 0 Å². The maximum absolute atomic E-state index is 13.9. The van der Waals surface area contributed by atoms with Gasteiger partial charge in [0.1, 0.15) is 5.75 Å². The Kier molecular flexibility index (Phi) is 5.00. The van der Waals surface area contributed by atoms with E-state index in [-0.39, 0.29) is 23.7 Å². The fraction of sp³-hybridized carbons (Fsp3) is 0.219. The van der Waals surface area contributed by atoms with E-state index in [4.69, 9.17) is 4.74 Å². The molecule has 2 bridgehead atoms. The van der Waals surface area contributed by atoms with E-state index < -0.39 is 11.8 Å². The molecule has 8 rings (SSSR count). The highest BCUT2D eigenvalue weighted by Crippen LogP contribution is 2.60. The predicted octanol–water partition coefficient (Wildman–Crippen LogP) is 5.85. The van der Waals surface area contributed by atoms with Gasteiger partial charge in [-0.3, -0.25) is 9.59 Å². The SMILES string of the molecule is CCCOc1ccc2ccccc2c1/C=N/N1C(=O)C2C3c4ccccc4C(c4ccccc43)C2C1=O. The summed E-state index contributed by atoms with van der Waals surface area (Å²) in [6.07, 6.45) is 2.50. The summed E-state index contributed by atoms with van der Waals surface area (Å²) in [4.78, 5) is 27.7. The van der Waals surface area contributed by atoms with Crippen LogP contribution in [0, 0.1) is 11.8 Å². The van der Waals surface area contributed by atoms with E-state index in [0.717, 1.165) is 50.0 Å². The Balaban J connectivity index is 1.32. The lowest BCUT2D eigenvalue weighted by Gasteiger charge is -2.45. The zero-order valence-corrected chi connectivity index (χ0v) is 20.5. The van der Waals surface area contributed by atoms with Crippen molar-refractivity contribution in [2.75, 3.05) is 6.61 Å². The van der Waals surface area contributed by atoms with Crippen molar-refractivity contribution in [1.29, 1.82) is 0 Å². The first kappa shape index (κ1) is 22.0. The maximum atomic E-state index is 13.9. The second kappa shape index (κ2) is 8.41. The Morgan fingerprint density at radius 3 is 1.86 bits per heavy atom. The number of carbonyl (C=O) groups excluding carboxylic acids is 2. The van der Waals surface area contributed by atoms with Gasteiger partial charge in [0, 0.05) is 17.4 Å². The van der Waals surface area contributed by atoms with Crippen molar-refractivity contribution < 1.29 is 14.3 Å². The van der Waals surface area contributed by atoms with Crippen molar-refractivity contribution in [3.8, 4) is 5.75 Å². The minimum atomic E-state index is -0.442. The molecular formula is C32H26N2O3. The molecule has 0 N–H and O–H groups in total. The third-order valence-corrected chi connectivity index (χ3v) is 8.12. The lowest BCUT2D eigenvalue weighted by atomic mass is 9.55. The van der Waals surface area contributed by atoms with Gasteiger partial charge in [0.05, 0.1) is 24.7 Å². The summed E-state index contributed by atoms with van der Waals surface area (Å²) in [5.74, 6) is -0.908. The molecule has 1 aliphatic heterocycles. The number of nitrogens with zero attached hydrogens (tertiary/aromatic N) is 2. The van der Waals surface area contributed by atoms with Crippen LogP contribution < -0.4 is 4.74 Å². The van der Waals surface area contributed by atoms with Crippen molar-refractivity contribution in [3.05, 3.63) is 113 Å². The molecule has 0 aromatic heterocycles. The van der Waals surface area contributed by atoms with Crippen molar-refractivity contribution in [2.45, 2.75) is 25.2 Å². The number of carbonyl (C=O) groups is 2. The first-order valence-electron chi connectivity index (χ1n) is 12.9. The van der Waals surface area contributed by atoms with E-state index in [1.165, 1.54) is 0 Å². The van der Waals surface area contributed by atoms with Crippen molar-refractivity contribution in [1.82, 2.24) is 5.01 Å². The minimum Gasteiger partial charge on any atom is -0.493 e. The van der Waals surface area contributed by atoms with Crippen LogP contribution in [-0.4, -0.2) is 29.6 Å². The number of hydrogen-bond donors (Lipinski definition) is 0.